The summed E-state index contributed by atoms with van der Waals surface area (Å²) in [5.41, 5.74) is 1.08. The van der Waals surface area contributed by atoms with Gasteiger partial charge in [0, 0.05) is 24.5 Å². The average molecular weight is 222 g/mol. The molecule has 4 heteroatoms. The maximum Gasteiger partial charge on any atom is 0.131 e. The van der Waals surface area contributed by atoms with Crippen LogP contribution in [0.1, 0.15) is 19.3 Å². The van der Waals surface area contributed by atoms with E-state index in [4.69, 9.17) is 16.9 Å². The van der Waals surface area contributed by atoms with E-state index in [1.165, 1.54) is 12.8 Å². The summed E-state index contributed by atoms with van der Waals surface area (Å²) >= 11 is 5.85. The number of hydrogen-bond acceptors (Lipinski definition) is 3. The van der Waals surface area contributed by atoms with Crippen molar-refractivity contribution in [3.8, 4) is 6.07 Å². The van der Waals surface area contributed by atoms with Crippen LogP contribution in [0.25, 0.3) is 0 Å². The third-order valence-corrected chi connectivity index (χ3v) is 2.70. The van der Waals surface area contributed by atoms with E-state index in [0.717, 1.165) is 12.2 Å². The molecule has 1 aromatic heterocycles. The van der Waals surface area contributed by atoms with E-state index in [2.05, 4.69) is 16.0 Å². The van der Waals surface area contributed by atoms with Gasteiger partial charge in [-0.15, -0.1) is 0 Å². The highest BCUT2D eigenvalue weighted by Gasteiger charge is 2.28. The quantitative estimate of drug-likeness (QED) is 0.734. The SMILES string of the molecule is N#CCCN(c1ccnc(Cl)c1)C1CC1. The summed E-state index contributed by atoms with van der Waals surface area (Å²) in [4.78, 5) is 6.20. The van der Waals surface area contributed by atoms with Gasteiger partial charge in [0.25, 0.3) is 0 Å². The summed E-state index contributed by atoms with van der Waals surface area (Å²) in [6, 6.07) is 6.57. The standard InChI is InChI=1S/C11H12ClN3/c12-11-8-10(4-6-14-11)15(7-1-5-13)9-2-3-9/h4,6,8-9H,1-3,7H2. The van der Waals surface area contributed by atoms with Crippen molar-refractivity contribution in [2.45, 2.75) is 25.3 Å². The first kappa shape index (κ1) is 10.3. The van der Waals surface area contributed by atoms with E-state index in [-0.39, 0.29) is 0 Å². The van der Waals surface area contributed by atoms with Gasteiger partial charge in [-0.25, -0.2) is 4.98 Å². The number of nitrogens with zero attached hydrogens (tertiary/aromatic N) is 3. The molecule has 1 aliphatic carbocycles. The zero-order valence-electron chi connectivity index (χ0n) is 8.36. The Morgan fingerprint density at radius 2 is 2.40 bits per heavy atom. The predicted molar refractivity (Wildman–Crippen MR) is 59.8 cm³/mol. The molecule has 15 heavy (non-hydrogen) atoms. The molecule has 1 fully saturated rings. The molecule has 0 radical (unpaired) electrons. The molecule has 0 atom stereocenters. The second kappa shape index (κ2) is 4.50. The minimum atomic E-state index is 0.509. The zero-order valence-corrected chi connectivity index (χ0v) is 9.11. The molecule has 0 amide bonds. The second-order valence-corrected chi connectivity index (χ2v) is 4.06. The molecule has 3 nitrogen and oxygen atoms in total. The first-order valence-electron chi connectivity index (χ1n) is 5.06. The van der Waals surface area contributed by atoms with E-state index >= 15 is 0 Å². The van der Waals surface area contributed by atoms with E-state index in [1.54, 1.807) is 6.20 Å². The highest BCUT2D eigenvalue weighted by atomic mass is 35.5. The molecule has 1 heterocycles. The molecule has 0 unspecified atom stereocenters. The van der Waals surface area contributed by atoms with Gasteiger partial charge in [0.05, 0.1) is 12.5 Å². The molecular formula is C11H12ClN3. The van der Waals surface area contributed by atoms with Gasteiger partial charge in [0.1, 0.15) is 5.15 Å². The van der Waals surface area contributed by atoms with Crippen LogP contribution >= 0.6 is 11.6 Å². The third kappa shape index (κ3) is 2.60. The maximum atomic E-state index is 8.60. The molecule has 0 aliphatic heterocycles. The lowest BCUT2D eigenvalue weighted by Gasteiger charge is -2.23. The Morgan fingerprint density at radius 1 is 1.60 bits per heavy atom. The predicted octanol–water partition coefficient (Wildman–Crippen LogP) is 2.62. The molecule has 1 saturated carbocycles. The van der Waals surface area contributed by atoms with Gasteiger partial charge >= 0.3 is 0 Å². The van der Waals surface area contributed by atoms with Crippen molar-refractivity contribution in [3.05, 3.63) is 23.5 Å². The monoisotopic (exact) mass is 221 g/mol. The zero-order chi connectivity index (χ0) is 10.7. The van der Waals surface area contributed by atoms with Crippen molar-refractivity contribution < 1.29 is 0 Å². The first-order valence-corrected chi connectivity index (χ1v) is 5.44. The van der Waals surface area contributed by atoms with Gasteiger partial charge < -0.3 is 4.90 Å². The summed E-state index contributed by atoms with van der Waals surface area (Å²) in [6.45, 7) is 0.779. The largest absolute Gasteiger partial charge is 0.367 e. The summed E-state index contributed by atoms with van der Waals surface area (Å²) in [5.74, 6) is 0. The van der Waals surface area contributed by atoms with Crippen LogP contribution in [0.4, 0.5) is 5.69 Å². The highest BCUT2D eigenvalue weighted by molar-refractivity contribution is 6.29. The minimum Gasteiger partial charge on any atom is -0.367 e. The van der Waals surface area contributed by atoms with Crippen LogP contribution in [0, 0.1) is 11.3 Å². The second-order valence-electron chi connectivity index (χ2n) is 3.67. The third-order valence-electron chi connectivity index (χ3n) is 2.49. The molecular weight excluding hydrogens is 210 g/mol. The first-order chi connectivity index (χ1) is 7.31. The van der Waals surface area contributed by atoms with Crippen LogP contribution in [0.3, 0.4) is 0 Å². The summed E-state index contributed by atoms with van der Waals surface area (Å²) in [5, 5.41) is 9.11. The van der Waals surface area contributed by atoms with Crippen LogP contribution in [0.2, 0.25) is 5.15 Å². The van der Waals surface area contributed by atoms with Crippen molar-refractivity contribution in [3.63, 3.8) is 0 Å². The highest BCUT2D eigenvalue weighted by Crippen LogP contribution is 2.32. The summed E-state index contributed by atoms with van der Waals surface area (Å²) in [6.07, 6.45) is 4.69. The molecule has 0 N–H and O–H groups in total. The van der Waals surface area contributed by atoms with Gasteiger partial charge in [-0.3, -0.25) is 0 Å². The van der Waals surface area contributed by atoms with E-state index in [0.29, 0.717) is 17.6 Å². The molecule has 2 rings (SSSR count). The van der Waals surface area contributed by atoms with Crippen LogP contribution in [-0.2, 0) is 0 Å². The Balaban J connectivity index is 2.13. The lowest BCUT2D eigenvalue weighted by atomic mass is 10.3. The fraction of sp³-hybridized carbons (Fsp3) is 0.455. The van der Waals surface area contributed by atoms with Gasteiger partial charge in [-0.05, 0) is 25.0 Å². The van der Waals surface area contributed by atoms with E-state index in [9.17, 15) is 0 Å². The van der Waals surface area contributed by atoms with Gasteiger partial charge in [-0.2, -0.15) is 5.26 Å². The van der Waals surface area contributed by atoms with Gasteiger partial charge in [0.2, 0.25) is 0 Å². The van der Waals surface area contributed by atoms with Crippen molar-refractivity contribution in [1.82, 2.24) is 4.98 Å². The van der Waals surface area contributed by atoms with E-state index < -0.39 is 0 Å². The fourth-order valence-electron chi connectivity index (χ4n) is 1.65. The number of pyridine rings is 1. The van der Waals surface area contributed by atoms with E-state index in [1.807, 2.05) is 12.1 Å². The number of halogens is 1. The Morgan fingerprint density at radius 3 is 3.00 bits per heavy atom. The van der Waals surface area contributed by atoms with Crippen molar-refractivity contribution >= 4 is 17.3 Å². The lowest BCUT2D eigenvalue weighted by Crippen LogP contribution is -2.26. The van der Waals surface area contributed by atoms with Crippen LogP contribution in [-0.4, -0.2) is 17.6 Å². The molecule has 0 spiro atoms. The fourth-order valence-corrected chi connectivity index (χ4v) is 1.82. The van der Waals surface area contributed by atoms with Crippen molar-refractivity contribution in [1.29, 1.82) is 5.26 Å². The Labute approximate surface area is 94.3 Å². The lowest BCUT2D eigenvalue weighted by molar-refractivity contribution is 0.792. The Hall–Kier alpha value is -1.27. The number of anilines is 1. The molecule has 0 bridgehead atoms. The number of nitriles is 1. The number of aromatic nitrogens is 1. The Kier molecular flexibility index (Phi) is 3.08. The maximum absolute atomic E-state index is 8.60. The minimum absolute atomic E-state index is 0.509. The van der Waals surface area contributed by atoms with Crippen molar-refractivity contribution in [2.24, 2.45) is 0 Å². The van der Waals surface area contributed by atoms with Crippen LogP contribution in [0.5, 0.6) is 0 Å². The summed E-state index contributed by atoms with van der Waals surface area (Å²) in [7, 11) is 0. The average Bonchev–Trinajstić information content (AvgIpc) is 3.03. The molecule has 78 valence electrons. The number of hydrogen-bond donors (Lipinski definition) is 0. The molecule has 1 aliphatic rings. The summed E-state index contributed by atoms with van der Waals surface area (Å²) < 4.78 is 0. The molecule has 1 aromatic rings. The number of rotatable bonds is 4. The smallest absolute Gasteiger partial charge is 0.131 e. The normalized spacial score (nSPS) is 14.7. The Bertz CT molecular complexity index is 382. The van der Waals surface area contributed by atoms with Crippen molar-refractivity contribution in [2.75, 3.05) is 11.4 Å². The molecule has 0 saturated heterocycles. The van der Waals surface area contributed by atoms with Gasteiger partial charge in [-0.1, -0.05) is 11.6 Å². The van der Waals surface area contributed by atoms with Gasteiger partial charge in [0.15, 0.2) is 0 Å². The topological polar surface area (TPSA) is 39.9 Å². The van der Waals surface area contributed by atoms with Crippen LogP contribution in [0.15, 0.2) is 18.3 Å². The molecule has 0 aromatic carbocycles. The van der Waals surface area contributed by atoms with Crippen LogP contribution < -0.4 is 4.90 Å².